The minimum absolute atomic E-state index is 0.348. The zero-order chi connectivity index (χ0) is 12.0. The third-order valence-electron chi connectivity index (χ3n) is 2.53. The van der Waals surface area contributed by atoms with Crippen molar-refractivity contribution in [2.45, 2.75) is 26.3 Å². The van der Waals surface area contributed by atoms with E-state index in [0.717, 1.165) is 17.7 Å². The average molecular weight is 219 g/mol. The molecule has 0 saturated heterocycles. The first kappa shape index (κ1) is 12.8. The highest BCUT2D eigenvalue weighted by atomic mass is 16.5. The van der Waals surface area contributed by atoms with E-state index in [0.29, 0.717) is 12.6 Å². The smallest absolute Gasteiger partial charge is 0.124 e. The van der Waals surface area contributed by atoms with Crippen molar-refractivity contribution in [1.82, 2.24) is 5.32 Å². The van der Waals surface area contributed by atoms with Crippen LogP contribution >= 0.6 is 0 Å². The Kier molecular flexibility index (Phi) is 5.06. The summed E-state index contributed by atoms with van der Waals surface area (Å²) in [4.78, 5) is 0. The van der Waals surface area contributed by atoms with Crippen LogP contribution in [0, 0.1) is 0 Å². The normalized spacial score (nSPS) is 12.2. The highest BCUT2D eigenvalue weighted by Crippen LogP contribution is 2.26. The zero-order valence-electron chi connectivity index (χ0n) is 10.4. The molecule has 2 nitrogen and oxygen atoms in total. The molecule has 0 spiro atoms. The molecule has 0 aliphatic heterocycles. The summed E-state index contributed by atoms with van der Waals surface area (Å²) >= 11 is 0. The number of hydrogen-bond acceptors (Lipinski definition) is 2. The topological polar surface area (TPSA) is 21.3 Å². The first-order valence-corrected chi connectivity index (χ1v) is 5.72. The van der Waals surface area contributed by atoms with E-state index in [-0.39, 0.29) is 0 Å². The van der Waals surface area contributed by atoms with Gasteiger partial charge in [0, 0.05) is 11.6 Å². The number of para-hydroxylation sites is 1. The number of ether oxygens (including phenoxy) is 1. The van der Waals surface area contributed by atoms with Crippen molar-refractivity contribution in [2.24, 2.45) is 0 Å². The van der Waals surface area contributed by atoms with Crippen LogP contribution in [0.25, 0.3) is 0 Å². The van der Waals surface area contributed by atoms with E-state index >= 15 is 0 Å². The molecule has 0 saturated carbocycles. The minimum Gasteiger partial charge on any atom is -0.489 e. The summed E-state index contributed by atoms with van der Waals surface area (Å²) in [5, 5.41) is 3.29. The maximum absolute atomic E-state index is 5.74. The van der Waals surface area contributed by atoms with Gasteiger partial charge in [0.05, 0.1) is 0 Å². The van der Waals surface area contributed by atoms with E-state index in [4.69, 9.17) is 4.74 Å². The molecule has 16 heavy (non-hydrogen) atoms. The van der Waals surface area contributed by atoms with Crippen LogP contribution in [0.15, 0.2) is 36.4 Å². The fourth-order valence-electron chi connectivity index (χ4n) is 1.68. The van der Waals surface area contributed by atoms with Crippen molar-refractivity contribution >= 4 is 0 Å². The summed E-state index contributed by atoms with van der Waals surface area (Å²) in [6.07, 6.45) is 1.05. The Morgan fingerprint density at radius 2 is 2.12 bits per heavy atom. The fraction of sp³-hybridized carbons (Fsp3) is 0.429. The molecule has 0 bridgehead atoms. The first-order valence-electron chi connectivity index (χ1n) is 5.72. The van der Waals surface area contributed by atoms with Crippen LogP contribution in [0.1, 0.15) is 31.9 Å². The third kappa shape index (κ3) is 3.38. The molecule has 0 fully saturated rings. The fourth-order valence-corrected chi connectivity index (χ4v) is 1.68. The Bertz CT molecular complexity index is 342. The number of benzene rings is 1. The van der Waals surface area contributed by atoms with Crippen LogP contribution in [-0.4, -0.2) is 13.7 Å². The predicted molar refractivity (Wildman–Crippen MR) is 68.8 cm³/mol. The number of nitrogens with one attached hydrogen (secondary N) is 1. The van der Waals surface area contributed by atoms with Gasteiger partial charge in [-0.3, -0.25) is 0 Å². The standard InChI is InChI=1S/C14H21NO/c1-5-13(15-4)12-8-6-7-9-14(12)16-10-11(2)3/h6-9,13,15H,2,5,10H2,1,3-4H3. The van der Waals surface area contributed by atoms with Crippen LogP contribution < -0.4 is 10.1 Å². The lowest BCUT2D eigenvalue weighted by Crippen LogP contribution is -2.16. The molecule has 0 radical (unpaired) electrons. The summed E-state index contributed by atoms with van der Waals surface area (Å²) < 4.78 is 5.74. The van der Waals surface area contributed by atoms with Crippen molar-refractivity contribution in [2.75, 3.05) is 13.7 Å². The molecule has 0 heterocycles. The van der Waals surface area contributed by atoms with Crippen molar-refractivity contribution in [3.05, 3.63) is 42.0 Å². The Morgan fingerprint density at radius 3 is 2.69 bits per heavy atom. The summed E-state index contributed by atoms with van der Waals surface area (Å²) in [5.41, 5.74) is 2.25. The monoisotopic (exact) mass is 219 g/mol. The van der Waals surface area contributed by atoms with Gasteiger partial charge in [-0.2, -0.15) is 0 Å². The molecule has 1 rings (SSSR count). The lowest BCUT2D eigenvalue weighted by atomic mass is 10.0. The molecule has 1 aromatic rings. The predicted octanol–water partition coefficient (Wildman–Crippen LogP) is 3.31. The Hall–Kier alpha value is -1.28. The van der Waals surface area contributed by atoms with Gasteiger partial charge >= 0.3 is 0 Å². The molecule has 1 atom stereocenters. The van der Waals surface area contributed by atoms with Crippen molar-refractivity contribution in [3.8, 4) is 5.75 Å². The SMILES string of the molecule is C=C(C)COc1ccccc1C(CC)NC. The summed E-state index contributed by atoms with van der Waals surface area (Å²) in [7, 11) is 1.98. The Balaban J connectivity index is 2.86. The van der Waals surface area contributed by atoms with E-state index in [1.807, 2.05) is 32.2 Å². The molecule has 1 aromatic carbocycles. The highest BCUT2D eigenvalue weighted by molar-refractivity contribution is 5.36. The zero-order valence-corrected chi connectivity index (χ0v) is 10.4. The van der Waals surface area contributed by atoms with Crippen molar-refractivity contribution < 1.29 is 4.74 Å². The van der Waals surface area contributed by atoms with Crippen LogP contribution in [0.3, 0.4) is 0 Å². The second-order valence-corrected chi connectivity index (χ2v) is 4.03. The van der Waals surface area contributed by atoms with Gasteiger partial charge in [-0.05, 0) is 32.0 Å². The van der Waals surface area contributed by atoms with Crippen LogP contribution in [0.4, 0.5) is 0 Å². The van der Waals surface area contributed by atoms with Gasteiger partial charge in [-0.1, -0.05) is 31.7 Å². The molecule has 1 N–H and O–H groups in total. The van der Waals surface area contributed by atoms with Crippen LogP contribution in [0.2, 0.25) is 0 Å². The third-order valence-corrected chi connectivity index (χ3v) is 2.53. The van der Waals surface area contributed by atoms with E-state index in [1.54, 1.807) is 0 Å². The molecule has 1 unspecified atom stereocenters. The molecule has 2 heteroatoms. The van der Waals surface area contributed by atoms with Gasteiger partial charge in [0.2, 0.25) is 0 Å². The Labute approximate surface area is 98.3 Å². The summed E-state index contributed by atoms with van der Waals surface area (Å²) in [5.74, 6) is 0.951. The van der Waals surface area contributed by atoms with Crippen LogP contribution in [-0.2, 0) is 0 Å². The number of rotatable bonds is 6. The van der Waals surface area contributed by atoms with Gasteiger partial charge in [-0.25, -0.2) is 0 Å². The molecule has 0 aliphatic carbocycles. The van der Waals surface area contributed by atoms with E-state index in [2.05, 4.69) is 24.9 Å². The van der Waals surface area contributed by atoms with E-state index in [1.165, 1.54) is 5.56 Å². The second-order valence-electron chi connectivity index (χ2n) is 4.03. The molecular weight excluding hydrogens is 198 g/mol. The minimum atomic E-state index is 0.348. The average Bonchev–Trinajstić information content (AvgIpc) is 2.29. The molecule has 0 amide bonds. The molecular formula is C14H21NO. The van der Waals surface area contributed by atoms with Crippen LogP contribution in [0.5, 0.6) is 5.75 Å². The van der Waals surface area contributed by atoms with Gasteiger partial charge in [0.25, 0.3) is 0 Å². The van der Waals surface area contributed by atoms with E-state index < -0.39 is 0 Å². The second kappa shape index (κ2) is 6.33. The molecule has 88 valence electrons. The van der Waals surface area contributed by atoms with Crippen molar-refractivity contribution in [1.29, 1.82) is 0 Å². The number of hydrogen-bond donors (Lipinski definition) is 1. The quantitative estimate of drug-likeness (QED) is 0.741. The maximum atomic E-state index is 5.74. The largest absolute Gasteiger partial charge is 0.489 e. The molecule has 0 aromatic heterocycles. The lowest BCUT2D eigenvalue weighted by Gasteiger charge is -2.18. The lowest BCUT2D eigenvalue weighted by molar-refractivity contribution is 0.343. The maximum Gasteiger partial charge on any atom is 0.124 e. The Morgan fingerprint density at radius 1 is 1.44 bits per heavy atom. The first-order chi connectivity index (χ1) is 7.69. The van der Waals surface area contributed by atoms with E-state index in [9.17, 15) is 0 Å². The molecule has 0 aliphatic rings. The van der Waals surface area contributed by atoms with Crippen molar-refractivity contribution in [3.63, 3.8) is 0 Å². The van der Waals surface area contributed by atoms with Gasteiger partial charge in [0.15, 0.2) is 0 Å². The van der Waals surface area contributed by atoms with Gasteiger partial charge in [-0.15, -0.1) is 0 Å². The summed E-state index contributed by atoms with van der Waals surface area (Å²) in [6, 6.07) is 8.51. The van der Waals surface area contributed by atoms with Gasteiger partial charge in [0.1, 0.15) is 12.4 Å². The summed E-state index contributed by atoms with van der Waals surface area (Å²) in [6.45, 7) is 8.56. The highest BCUT2D eigenvalue weighted by Gasteiger charge is 2.11. The van der Waals surface area contributed by atoms with Gasteiger partial charge < -0.3 is 10.1 Å².